The maximum atomic E-state index is 13.0. The highest BCUT2D eigenvalue weighted by atomic mass is 16.5. The Morgan fingerprint density at radius 1 is 1.21 bits per heavy atom. The van der Waals surface area contributed by atoms with Crippen LogP contribution in [0.5, 0.6) is 5.75 Å². The molecule has 2 aliphatic rings. The topological polar surface area (TPSA) is 59.7 Å². The first-order valence-corrected chi connectivity index (χ1v) is 10.8. The van der Waals surface area contributed by atoms with Gasteiger partial charge in [0.05, 0.1) is 18.8 Å². The Morgan fingerprint density at radius 3 is 2.62 bits per heavy atom. The van der Waals surface area contributed by atoms with E-state index in [1.54, 1.807) is 6.07 Å². The van der Waals surface area contributed by atoms with E-state index in [1.165, 1.54) is 5.57 Å². The number of rotatable bonds is 8. The van der Waals surface area contributed by atoms with Crippen molar-refractivity contribution in [2.45, 2.75) is 57.3 Å². The summed E-state index contributed by atoms with van der Waals surface area (Å²) in [4.78, 5) is 13.0. The molecule has 1 fully saturated rings. The Labute approximate surface area is 172 Å². The Kier molecular flexibility index (Phi) is 6.19. The molecule has 1 aromatic carbocycles. The van der Waals surface area contributed by atoms with Gasteiger partial charge in [-0.15, -0.1) is 0 Å². The van der Waals surface area contributed by atoms with Gasteiger partial charge < -0.3 is 14.3 Å². The average Bonchev–Trinajstić information content (AvgIpc) is 3.57. The van der Waals surface area contributed by atoms with Crippen molar-refractivity contribution in [1.82, 2.24) is 0 Å². The number of hydrogen-bond acceptors (Lipinski definition) is 4. The van der Waals surface area contributed by atoms with Gasteiger partial charge in [0.1, 0.15) is 11.5 Å². The molecule has 0 saturated heterocycles. The predicted molar refractivity (Wildman–Crippen MR) is 113 cm³/mol. The van der Waals surface area contributed by atoms with Crippen LogP contribution in [0.1, 0.15) is 74.2 Å². The molecule has 0 spiro atoms. The van der Waals surface area contributed by atoms with Gasteiger partial charge in [-0.1, -0.05) is 43.3 Å². The standard InChI is InChI=1S/C25H30O4/c1-2-18(11-10-17-7-6-14-28-16-17)22-15-21(26)24(25(27)29-22)23(20-12-13-20)19-8-4-3-5-9-19/h3-5,7-9,15,18,20,23,26H,2,6,10-14,16H2,1H3. The molecule has 0 radical (unpaired) electrons. The van der Waals surface area contributed by atoms with E-state index in [-0.39, 0.29) is 23.2 Å². The summed E-state index contributed by atoms with van der Waals surface area (Å²) in [6, 6.07) is 11.7. The van der Waals surface area contributed by atoms with Crippen LogP contribution in [-0.4, -0.2) is 18.3 Å². The van der Waals surface area contributed by atoms with E-state index in [0.29, 0.717) is 23.8 Å². The van der Waals surface area contributed by atoms with Gasteiger partial charge in [-0.05, 0) is 55.6 Å². The number of aromatic hydroxyl groups is 1. The third-order valence-corrected chi connectivity index (χ3v) is 6.24. The first-order chi connectivity index (χ1) is 14.2. The van der Waals surface area contributed by atoms with E-state index in [1.807, 2.05) is 30.3 Å². The summed E-state index contributed by atoms with van der Waals surface area (Å²) in [5.74, 6) is 1.10. The van der Waals surface area contributed by atoms with Gasteiger partial charge in [0.2, 0.25) is 0 Å². The maximum Gasteiger partial charge on any atom is 0.343 e. The Morgan fingerprint density at radius 2 is 2.00 bits per heavy atom. The van der Waals surface area contributed by atoms with Crippen LogP contribution in [0.25, 0.3) is 0 Å². The second-order valence-electron chi connectivity index (χ2n) is 8.31. The second-order valence-corrected chi connectivity index (χ2v) is 8.31. The van der Waals surface area contributed by atoms with Crippen molar-refractivity contribution in [3.63, 3.8) is 0 Å². The van der Waals surface area contributed by atoms with Crippen molar-refractivity contribution in [3.8, 4) is 5.75 Å². The molecule has 1 N–H and O–H groups in total. The molecule has 1 aliphatic heterocycles. The fourth-order valence-electron chi connectivity index (χ4n) is 4.45. The first kappa shape index (κ1) is 20.0. The van der Waals surface area contributed by atoms with E-state index in [9.17, 15) is 9.90 Å². The van der Waals surface area contributed by atoms with E-state index in [0.717, 1.165) is 50.7 Å². The zero-order valence-corrected chi connectivity index (χ0v) is 17.1. The van der Waals surface area contributed by atoms with Gasteiger partial charge in [0.25, 0.3) is 0 Å². The third kappa shape index (κ3) is 4.64. The van der Waals surface area contributed by atoms with Crippen LogP contribution in [0.2, 0.25) is 0 Å². The van der Waals surface area contributed by atoms with E-state index in [4.69, 9.17) is 9.15 Å². The molecule has 2 aromatic rings. The van der Waals surface area contributed by atoms with Crippen molar-refractivity contribution in [2.75, 3.05) is 13.2 Å². The molecule has 2 unspecified atom stereocenters. The molecule has 29 heavy (non-hydrogen) atoms. The number of benzene rings is 1. The summed E-state index contributed by atoms with van der Waals surface area (Å²) in [6.45, 7) is 3.59. The zero-order valence-electron chi connectivity index (χ0n) is 17.1. The molecular formula is C25H30O4. The smallest absolute Gasteiger partial charge is 0.343 e. The summed E-state index contributed by atoms with van der Waals surface area (Å²) in [6.07, 6.45) is 8.06. The third-order valence-electron chi connectivity index (χ3n) is 6.24. The molecule has 4 rings (SSSR count). The molecule has 1 aromatic heterocycles. The molecule has 0 bridgehead atoms. The molecule has 4 heteroatoms. The van der Waals surface area contributed by atoms with Crippen LogP contribution in [0, 0.1) is 5.92 Å². The van der Waals surface area contributed by atoms with Crippen LogP contribution >= 0.6 is 0 Å². The highest BCUT2D eigenvalue weighted by Gasteiger charge is 2.37. The fraction of sp³-hybridized carbons (Fsp3) is 0.480. The highest BCUT2D eigenvalue weighted by Crippen LogP contribution is 2.47. The molecule has 2 atom stereocenters. The zero-order chi connectivity index (χ0) is 20.2. The predicted octanol–water partition coefficient (Wildman–Crippen LogP) is 5.51. The first-order valence-electron chi connectivity index (χ1n) is 10.8. The van der Waals surface area contributed by atoms with Crippen LogP contribution < -0.4 is 5.63 Å². The summed E-state index contributed by atoms with van der Waals surface area (Å²) in [5.41, 5.74) is 2.41. The van der Waals surface area contributed by atoms with Gasteiger partial charge in [0, 0.05) is 17.9 Å². The lowest BCUT2D eigenvalue weighted by atomic mass is 9.87. The van der Waals surface area contributed by atoms with Crippen LogP contribution in [-0.2, 0) is 4.74 Å². The van der Waals surface area contributed by atoms with Crippen molar-refractivity contribution in [2.24, 2.45) is 5.92 Å². The molecule has 4 nitrogen and oxygen atoms in total. The lowest BCUT2D eigenvalue weighted by Crippen LogP contribution is -2.17. The monoisotopic (exact) mass is 394 g/mol. The molecule has 2 heterocycles. The highest BCUT2D eigenvalue weighted by molar-refractivity contribution is 5.41. The van der Waals surface area contributed by atoms with E-state index < -0.39 is 0 Å². The normalized spacial score (nSPS) is 18.9. The quantitative estimate of drug-likeness (QED) is 0.600. The minimum absolute atomic E-state index is 0.0793. The van der Waals surface area contributed by atoms with Crippen LogP contribution in [0.3, 0.4) is 0 Å². The lowest BCUT2D eigenvalue weighted by Gasteiger charge is -2.20. The summed E-state index contributed by atoms with van der Waals surface area (Å²) in [7, 11) is 0. The van der Waals surface area contributed by atoms with Crippen LogP contribution in [0.4, 0.5) is 0 Å². The summed E-state index contributed by atoms with van der Waals surface area (Å²) < 4.78 is 11.3. The SMILES string of the molecule is CCC(CCC1=CCCOC1)c1cc(O)c(C(c2ccccc2)C2CC2)c(=O)o1. The average molecular weight is 395 g/mol. The van der Waals surface area contributed by atoms with Crippen LogP contribution in [0.15, 0.2) is 57.3 Å². The fourth-order valence-corrected chi connectivity index (χ4v) is 4.45. The van der Waals surface area contributed by atoms with Crippen molar-refractivity contribution < 1.29 is 14.3 Å². The van der Waals surface area contributed by atoms with E-state index in [2.05, 4.69) is 13.0 Å². The summed E-state index contributed by atoms with van der Waals surface area (Å²) in [5, 5.41) is 10.9. The number of hydrogen-bond donors (Lipinski definition) is 1. The Bertz CT molecular complexity index is 908. The molecule has 0 amide bonds. The van der Waals surface area contributed by atoms with E-state index >= 15 is 0 Å². The lowest BCUT2D eigenvalue weighted by molar-refractivity contribution is 0.147. The summed E-state index contributed by atoms with van der Waals surface area (Å²) >= 11 is 0. The molecule has 1 aliphatic carbocycles. The van der Waals surface area contributed by atoms with Crippen molar-refractivity contribution >= 4 is 0 Å². The molecular weight excluding hydrogens is 364 g/mol. The second kappa shape index (κ2) is 9.00. The maximum absolute atomic E-state index is 13.0. The molecule has 154 valence electrons. The van der Waals surface area contributed by atoms with Gasteiger partial charge in [-0.25, -0.2) is 4.79 Å². The largest absolute Gasteiger partial charge is 0.507 e. The Hall–Kier alpha value is -2.33. The molecule has 1 saturated carbocycles. The Balaban J connectivity index is 1.58. The van der Waals surface area contributed by atoms with Gasteiger partial charge >= 0.3 is 5.63 Å². The minimum atomic E-state index is -0.389. The minimum Gasteiger partial charge on any atom is -0.507 e. The van der Waals surface area contributed by atoms with Gasteiger partial charge in [-0.3, -0.25) is 0 Å². The van der Waals surface area contributed by atoms with Gasteiger partial charge in [-0.2, -0.15) is 0 Å². The number of ether oxygens (including phenoxy) is 1. The van der Waals surface area contributed by atoms with Crippen molar-refractivity contribution in [3.05, 3.63) is 75.4 Å². The van der Waals surface area contributed by atoms with Crippen molar-refractivity contribution in [1.29, 1.82) is 0 Å². The van der Waals surface area contributed by atoms with Gasteiger partial charge in [0.15, 0.2) is 0 Å².